The van der Waals surface area contributed by atoms with Gasteiger partial charge in [0.1, 0.15) is 10.8 Å². The number of likely N-dealkylation sites (N-methyl/N-ethyl adjacent to an activating group) is 1. The second-order valence-electron chi connectivity index (χ2n) is 6.54. The zero-order chi connectivity index (χ0) is 18.9. The fourth-order valence-corrected chi connectivity index (χ4v) is 3.29. The standard InChI is InChI=1S/C19H28FN5S/c1-14(2)17-13-26-18(24-17)11-23-19(21-3)22-9-10-25(4)12-15-5-7-16(20)8-6-15/h5-8,13-14H,9-12H2,1-4H3,(H2,21,22,23). The molecule has 2 N–H and O–H groups in total. The van der Waals surface area contributed by atoms with Gasteiger partial charge >= 0.3 is 0 Å². The maximum atomic E-state index is 12.9. The van der Waals surface area contributed by atoms with Crippen LogP contribution in [0.3, 0.4) is 0 Å². The second kappa shape index (κ2) is 10.2. The van der Waals surface area contributed by atoms with Gasteiger partial charge in [0.15, 0.2) is 5.96 Å². The summed E-state index contributed by atoms with van der Waals surface area (Å²) in [5, 5.41) is 9.78. The fourth-order valence-electron chi connectivity index (χ4n) is 2.40. The predicted molar refractivity (Wildman–Crippen MR) is 107 cm³/mol. The van der Waals surface area contributed by atoms with E-state index in [-0.39, 0.29) is 5.82 Å². The van der Waals surface area contributed by atoms with Crippen LogP contribution in [0, 0.1) is 5.82 Å². The van der Waals surface area contributed by atoms with Crippen molar-refractivity contribution in [1.29, 1.82) is 0 Å². The molecule has 0 saturated heterocycles. The highest BCUT2D eigenvalue weighted by atomic mass is 32.1. The van der Waals surface area contributed by atoms with E-state index in [1.54, 1.807) is 18.4 Å². The van der Waals surface area contributed by atoms with Crippen LogP contribution in [0.5, 0.6) is 0 Å². The van der Waals surface area contributed by atoms with Crippen LogP contribution in [0.4, 0.5) is 4.39 Å². The topological polar surface area (TPSA) is 52.6 Å². The van der Waals surface area contributed by atoms with Gasteiger partial charge in [0, 0.05) is 32.1 Å². The third kappa shape index (κ3) is 6.72. The fraction of sp³-hybridized carbons (Fsp3) is 0.474. The van der Waals surface area contributed by atoms with Crippen molar-refractivity contribution in [2.75, 3.05) is 27.2 Å². The molecule has 0 amide bonds. The Morgan fingerprint density at radius 1 is 1.27 bits per heavy atom. The van der Waals surface area contributed by atoms with Crippen molar-refractivity contribution in [1.82, 2.24) is 20.5 Å². The summed E-state index contributed by atoms with van der Waals surface area (Å²) in [4.78, 5) is 11.0. The number of halogens is 1. The average Bonchev–Trinajstić information content (AvgIpc) is 3.09. The molecule has 1 heterocycles. The monoisotopic (exact) mass is 377 g/mol. The molecule has 0 aliphatic heterocycles. The van der Waals surface area contributed by atoms with Crippen molar-refractivity contribution in [3.8, 4) is 0 Å². The maximum absolute atomic E-state index is 12.9. The molecule has 26 heavy (non-hydrogen) atoms. The molecule has 0 aliphatic rings. The molecular formula is C19H28FN5S. The van der Waals surface area contributed by atoms with Gasteiger partial charge in [-0.05, 0) is 30.7 Å². The third-order valence-corrected chi connectivity index (χ3v) is 4.81. The number of guanidine groups is 1. The first kappa shape index (κ1) is 20.3. The van der Waals surface area contributed by atoms with Crippen LogP contribution >= 0.6 is 11.3 Å². The average molecular weight is 378 g/mol. The normalized spacial score (nSPS) is 12.0. The van der Waals surface area contributed by atoms with E-state index in [4.69, 9.17) is 0 Å². The summed E-state index contributed by atoms with van der Waals surface area (Å²) >= 11 is 1.67. The van der Waals surface area contributed by atoms with Gasteiger partial charge in [-0.1, -0.05) is 26.0 Å². The van der Waals surface area contributed by atoms with Gasteiger partial charge in [-0.15, -0.1) is 11.3 Å². The molecule has 1 aromatic carbocycles. The highest BCUT2D eigenvalue weighted by Crippen LogP contribution is 2.17. The molecule has 0 radical (unpaired) electrons. The number of benzene rings is 1. The molecule has 0 unspecified atom stereocenters. The largest absolute Gasteiger partial charge is 0.355 e. The highest BCUT2D eigenvalue weighted by molar-refractivity contribution is 7.09. The minimum atomic E-state index is -0.200. The first-order valence-electron chi connectivity index (χ1n) is 8.79. The summed E-state index contributed by atoms with van der Waals surface area (Å²) in [6.07, 6.45) is 0. The summed E-state index contributed by atoms with van der Waals surface area (Å²) in [5.74, 6) is 1.02. The number of aromatic nitrogens is 1. The van der Waals surface area contributed by atoms with Gasteiger partial charge in [0.25, 0.3) is 0 Å². The molecule has 0 fully saturated rings. The van der Waals surface area contributed by atoms with Crippen LogP contribution in [0.2, 0.25) is 0 Å². The first-order valence-corrected chi connectivity index (χ1v) is 9.67. The van der Waals surface area contributed by atoms with Crippen LogP contribution in [0.25, 0.3) is 0 Å². The van der Waals surface area contributed by atoms with E-state index in [1.807, 2.05) is 19.2 Å². The molecule has 0 saturated carbocycles. The zero-order valence-corrected chi connectivity index (χ0v) is 16.7. The van der Waals surface area contributed by atoms with Gasteiger partial charge < -0.3 is 15.5 Å². The zero-order valence-electron chi connectivity index (χ0n) is 15.9. The Balaban J connectivity index is 1.70. The van der Waals surface area contributed by atoms with Crippen LogP contribution < -0.4 is 10.6 Å². The van der Waals surface area contributed by atoms with Crippen molar-refractivity contribution in [2.24, 2.45) is 4.99 Å². The van der Waals surface area contributed by atoms with Gasteiger partial charge in [-0.2, -0.15) is 0 Å². The molecule has 0 atom stereocenters. The first-order chi connectivity index (χ1) is 12.5. The molecular weight excluding hydrogens is 349 g/mol. The third-order valence-electron chi connectivity index (χ3n) is 3.94. The molecule has 2 rings (SSSR count). The molecule has 142 valence electrons. The number of hydrogen-bond donors (Lipinski definition) is 2. The van der Waals surface area contributed by atoms with E-state index in [2.05, 4.69) is 44.7 Å². The van der Waals surface area contributed by atoms with Crippen molar-refractivity contribution < 1.29 is 4.39 Å². The number of nitrogens with zero attached hydrogens (tertiary/aromatic N) is 3. The Morgan fingerprint density at radius 2 is 2.00 bits per heavy atom. The lowest BCUT2D eigenvalue weighted by Crippen LogP contribution is -2.40. The SMILES string of the molecule is CN=C(NCCN(C)Cc1ccc(F)cc1)NCc1nc(C(C)C)cs1. The molecule has 5 nitrogen and oxygen atoms in total. The molecule has 2 aromatic rings. The molecule has 0 bridgehead atoms. The van der Waals surface area contributed by atoms with E-state index < -0.39 is 0 Å². The van der Waals surface area contributed by atoms with Gasteiger partial charge in [0.05, 0.1) is 12.2 Å². The molecule has 1 aromatic heterocycles. The van der Waals surface area contributed by atoms with Crippen LogP contribution in [-0.4, -0.2) is 43.0 Å². The second-order valence-corrected chi connectivity index (χ2v) is 7.48. The van der Waals surface area contributed by atoms with E-state index >= 15 is 0 Å². The van der Waals surface area contributed by atoms with E-state index in [0.717, 1.165) is 41.9 Å². The predicted octanol–water partition coefficient (Wildman–Crippen LogP) is 3.20. The number of rotatable bonds is 8. The molecule has 0 aliphatic carbocycles. The van der Waals surface area contributed by atoms with Gasteiger partial charge in [0.2, 0.25) is 0 Å². The number of hydrogen-bond acceptors (Lipinski definition) is 4. The van der Waals surface area contributed by atoms with E-state index in [1.165, 1.54) is 12.1 Å². The van der Waals surface area contributed by atoms with E-state index in [0.29, 0.717) is 12.5 Å². The molecule has 0 spiro atoms. The number of thiazole rings is 1. The Hall–Kier alpha value is -1.99. The summed E-state index contributed by atoms with van der Waals surface area (Å²) in [7, 11) is 3.81. The van der Waals surface area contributed by atoms with Crippen LogP contribution in [-0.2, 0) is 13.1 Å². The van der Waals surface area contributed by atoms with Crippen molar-refractivity contribution in [3.05, 3.63) is 51.7 Å². The Bertz CT molecular complexity index is 696. The summed E-state index contributed by atoms with van der Waals surface area (Å²) in [6, 6.07) is 6.63. The minimum absolute atomic E-state index is 0.200. The lowest BCUT2D eigenvalue weighted by Gasteiger charge is -2.18. The van der Waals surface area contributed by atoms with E-state index in [9.17, 15) is 4.39 Å². The lowest BCUT2D eigenvalue weighted by molar-refractivity contribution is 0.331. The quantitative estimate of drug-likeness (QED) is 0.548. The summed E-state index contributed by atoms with van der Waals surface area (Å²) < 4.78 is 12.9. The Labute approximate surface area is 159 Å². The van der Waals surface area contributed by atoms with Crippen LogP contribution in [0.15, 0.2) is 34.6 Å². The number of aliphatic imine (C=N–C) groups is 1. The highest BCUT2D eigenvalue weighted by Gasteiger charge is 2.07. The number of nitrogens with one attached hydrogen (secondary N) is 2. The van der Waals surface area contributed by atoms with Crippen molar-refractivity contribution in [3.63, 3.8) is 0 Å². The maximum Gasteiger partial charge on any atom is 0.191 e. The summed E-state index contributed by atoms with van der Waals surface area (Å²) in [5.41, 5.74) is 2.23. The molecule has 7 heteroatoms. The lowest BCUT2D eigenvalue weighted by atomic mass is 10.2. The van der Waals surface area contributed by atoms with Crippen molar-refractivity contribution in [2.45, 2.75) is 32.9 Å². The minimum Gasteiger partial charge on any atom is -0.355 e. The smallest absolute Gasteiger partial charge is 0.191 e. The van der Waals surface area contributed by atoms with Crippen LogP contribution in [0.1, 0.15) is 36.0 Å². The Kier molecular flexibility index (Phi) is 8.00. The van der Waals surface area contributed by atoms with Gasteiger partial charge in [-0.3, -0.25) is 4.99 Å². The summed E-state index contributed by atoms with van der Waals surface area (Å²) in [6.45, 7) is 7.37. The van der Waals surface area contributed by atoms with Gasteiger partial charge in [-0.25, -0.2) is 9.37 Å². The van der Waals surface area contributed by atoms with Crippen molar-refractivity contribution >= 4 is 17.3 Å². The Morgan fingerprint density at radius 3 is 2.62 bits per heavy atom.